The summed E-state index contributed by atoms with van der Waals surface area (Å²) in [7, 11) is -7.55. The number of oxime groups is 1. The molecule has 0 spiro atoms. The Labute approximate surface area is 257 Å². The highest BCUT2D eigenvalue weighted by Gasteiger charge is 2.37. The molecule has 1 aliphatic heterocycles. The second kappa shape index (κ2) is 11.1. The van der Waals surface area contributed by atoms with E-state index in [0.717, 1.165) is 19.1 Å². The van der Waals surface area contributed by atoms with Crippen molar-refractivity contribution in [2.75, 3.05) is 31.1 Å². The fourth-order valence-electron chi connectivity index (χ4n) is 6.59. The number of halogens is 1. The van der Waals surface area contributed by atoms with Gasteiger partial charge in [-0.25, -0.2) is 21.2 Å². The van der Waals surface area contributed by atoms with Crippen LogP contribution in [0.25, 0.3) is 11.1 Å². The van der Waals surface area contributed by atoms with E-state index < -0.39 is 30.9 Å². The third-order valence-corrected chi connectivity index (χ3v) is 13.5. The van der Waals surface area contributed by atoms with E-state index in [1.54, 1.807) is 41.3 Å². The molecule has 3 aromatic rings. The predicted octanol–water partition coefficient (Wildman–Crippen LogP) is 5.28. The number of rotatable bonds is 6. The number of hydrogen-bond donors (Lipinski definition) is 2. The van der Waals surface area contributed by atoms with Gasteiger partial charge < -0.3 is 15.5 Å². The van der Waals surface area contributed by atoms with Crippen LogP contribution < -0.4 is 4.90 Å². The molecule has 12 heteroatoms. The first-order valence-corrected chi connectivity index (χ1v) is 17.7. The second-order valence-electron chi connectivity index (χ2n) is 12.5. The van der Waals surface area contributed by atoms with Crippen LogP contribution in [0.2, 0.25) is 0 Å². The Balaban J connectivity index is 1.24. The first kappa shape index (κ1) is 30.4. The minimum atomic E-state index is -3.94. The summed E-state index contributed by atoms with van der Waals surface area (Å²) in [6, 6.07) is 14.3. The van der Waals surface area contributed by atoms with Gasteiger partial charge >= 0.3 is 0 Å². The van der Waals surface area contributed by atoms with Gasteiger partial charge in [0.2, 0.25) is 10.0 Å². The van der Waals surface area contributed by atoms with E-state index in [4.69, 9.17) is 5.41 Å². The quantitative estimate of drug-likeness (QED) is 0.168. The molecule has 0 atom stereocenters. The van der Waals surface area contributed by atoms with Gasteiger partial charge in [0.25, 0.3) is 0 Å². The van der Waals surface area contributed by atoms with Crippen molar-refractivity contribution in [1.29, 1.82) is 5.41 Å². The highest BCUT2D eigenvalue weighted by atomic mass is 32.2. The van der Waals surface area contributed by atoms with Crippen LogP contribution in [0.3, 0.4) is 0 Å². The van der Waals surface area contributed by atoms with Crippen molar-refractivity contribution in [3.63, 3.8) is 0 Å². The second-order valence-corrected chi connectivity index (χ2v) is 16.7. The number of nitrogens with one attached hydrogen (secondary N) is 1. The summed E-state index contributed by atoms with van der Waals surface area (Å²) in [4.78, 5) is 1.96. The molecular weight excluding hydrogens is 604 g/mol. The molecule has 0 radical (unpaired) electrons. The van der Waals surface area contributed by atoms with Crippen molar-refractivity contribution in [2.24, 2.45) is 10.6 Å². The van der Waals surface area contributed by atoms with Crippen molar-refractivity contribution in [3.8, 4) is 11.1 Å². The average molecular weight is 639 g/mol. The molecule has 2 N–H and O–H groups in total. The van der Waals surface area contributed by atoms with Crippen LogP contribution in [0.4, 0.5) is 10.1 Å². The van der Waals surface area contributed by atoms with Crippen LogP contribution >= 0.6 is 0 Å². The zero-order chi connectivity index (χ0) is 31.4. The monoisotopic (exact) mass is 638 g/mol. The summed E-state index contributed by atoms with van der Waals surface area (Å²) in [6.07, 6.45) is 3.80. The molecule has 1 heterocycles. The van der Waals surface area contributed by atoms with Gasteiger partial charge in [0, 0.05) is 49.1 Å². The fraction of sp³-hybridized carbons (Fsp3) is 0.375. The van der Waals surface area contributed by atoms with Gasteiger partial charge in [-0.3, -0.25) is 0 Å². The van der Waals surface area contributed by atoms with Crippen molar-refractivity contribution >= 4 is 37.5 Å². The summed E-state index contributed by atoms with van der Waals surface area (Å²) in [5.41, 5.74) is 2.92. The summed E-state index contributed by atoms with van der Waals surface area (Å²) < 4.78 is 70.7. The zero-order valence-electron chi connectivity index (χ0n) is 24.6. The van der Waals surface area contributed by atoms with Gasteiger partial charge in [-0.15, -0.1) is 0 Å². The minimum Gasteiger partial charge on any atom is -0.410 e. The maximum Gasteiger partial charge on any atom is 0.243 e. The van der Waals surface area contributed by atoms with Crippen molar-refractivity contribution in [2.45, 2.75) is 54.6 Å². The Bertz CT molecular complexity index is 1890. The minimum absolute atomic E-state index is 0.0216. The Morgan fingerprint density at radius 2 is 1.48 bits per heavy atom. The summed E-state index contributed by atoms with van der Waals surface area (Å²) in [5, 5.41) is 20.4. The Morgan fingerprint density at radius 1 is 0.886 bits per heavy atom. The van der Waals surface area contributed by atoms with Crippen LogP contribution in [0.1, 0.15) is 56.2 Å². The topological polar surface area (TPSA) is 131 Å². The lowest BCUT2D eigenvalue weighted by Crippen LogP contribution is -2.49. The van der Waals surface area contributed by atoms with E-state index >= 15 is 0 Å². The predicted molar refractivity (Wildman–Crippen MR) is 168 cm³/mol. The molecule has 0 unspecified atom stereocenters. The Kier molecular flexibility index (Phi) is 7.66. The summed E-state index contributed by atoms with van der Waals surface area (Å²) >= 11 is 0. The van der Waals surface area contributed by atoms with Gasteiger partial charge in [0.05, 0.1) is 20.7 Å². The maximum absolute atomic E-state index is 14.8. The van der Waals surface area contributed by atoms with Crippen LogP contribution in [0.5, 0.6) is 0 Å². The summed E-state index contributed by atoms with van der Waals surface area (Å²) in [6.45, 7) is 5.12. The van der Waals surface area contributed by atoms with E-state index in [-0.39, 0.29) is 52.7 Å². The standard InChI is InChI=1S/C32H35FN4O5S2/c1-32(2)12-10-22(11-13-32)43(39,40)23-6-8-25-26-9-7-24(19-28(26)31(35-38)27(25)18-23)44(41,42)37-16-14-36(15-17-37)29-5-3-4-21(20-34)30(29)33/h3-9,18-20,22,34,38H,10-17H2,1-2H3/b34-20?,35-31-. The van der Waals surface area contributed by atoms with E-state index in [1.807, 2.05) is 0 Å². The van der Waals surface area contributed by atoms with Crippen molar-refractivity contribution in [1.82, 2.24) is 4.31 Å². The molecule has 1 saturated carbocycles. The zero-order valence-corrected chi connectivity index (χ0v) is 26.3. The molecule has 2 fully saturated rings. The van der Waals surface area contributed by atoms with E-state index in [9.17, 15) is 26.4 Å². The number of benzene rings is 3. The largest absolute Gasteiger partial charge is 0.410 e. The smallest absolute Gasteiger partial charge is 0.243 e. The average Bonchev–Trinajstić information content (AvgIpc) is 3.33. The highest BCUT2D eigenvalue weighted by molar-refractivity contribution is 7.92. The first-order valence-electron chi connectivity index (χ1n) is 14.7. The van der Waals surface area contributed by atoms with Gasteiger partial charge in [-0.1, -0.05) is 43.3 Å². The molecule has 44 heavy (non-hydrogen) atoms. The lowest BCUT2D eigenvalue weighted by Gasteiger charge is -2.35. The Morgan fingerprint density at radius 3 is 2.07 bits per heavy atom. The third-order valence-electron chi connectivity index (χ3n) is 9.32. The number of sulfonamides is 1. The number of nitrogens with zero attached hydrogens (tertiary/aromatic N) is 3. The molecule has 0 amide bonds. The normalized spacial score (nSPS) is 20.0. The molecule has 1 saturated heterocycles. The number of piperazine rings is 1. The summed E-state index contributed by atoms with van der Waals surface area (Å²) in [5.74, 6) is -0.508. The fourth-order valence-corrected chi connectivity index (χ4v) is 9.82. The molecule has 232 valence electrons. The van der Waals surface area contributed by atoms with E-state index in [1.165, 1.54) is 22.5 Å². The maximum atomic E-state index is 14.8. The lowest BCUT2D eigenvalue weighted by atomic mass is 9.77. The molecule has 3 aromatic carbocycles. The van der Waals surface area contributed by atoms with Crippen LogP contribution in [-0.4, -0.2) is 69.7 Å². The molecule has 6 rings (SSSR count). The van der Waals surface area contributed by atoms with Crippen LogP contribution in [-0.2, 0) is 19.9 Å². The first-order chi connectivity index (χ1) is 20.9. The third kappa shape index (κ3) is 5.12. The van der Waals surface area contributed by atoms with Gasteiger partial charge in [0.1, 0.15) is 5.71 Å². The molecular formula is C32H35FN4O5S2. The number of sulfone groups is 1. The lowest BCUT2D eigenvalue weighted by molar-refractivity contribution is 0.246. The van der Waals surface area contributed by atoms with Gasteiger partial charge in [0.15, 0.2) is 15.7 Å². The highest BCUT2D eigenvalue weighted by Crippen LogP contribution is 2.42. The van der Waals surface area contributed by atoms with Crippen molar-refractivity contribution < 1.29 is 26.4 Å². The van der Waals surface area contributed by atoms with Crippen LogP contribution in [0.15, 0.2) is 69.5 Å². The number of anilines is 1. The molecule has 0 bridgehead atoms. The Hall–Kier alpha value is -3.61. The van der Waals surface area contributed by atoms with E-state index in [0.29, 0.717) is 40.8 Å². The molecule has 0 aromatic heterocycles. The molecule has 2 aliphatic carbocycles. The van der Waals surface area contributed by atoms with Crippen molar-refractivity contribution in [3.05, 3.63) is 77.1 Å². The molecule has 9 nitrogen and oxygen atoms in total. The SMILES string of the molecule is CC1(C)CCC(S(=O)(=O)c2ccc3c(c2)/C(=N/O)c2cc(S(=O)(=O)N4CCN(c5cccc(C=N)c5F)CC4)ccc2-3)CC1. The van der Waals surface area contributed by atoms with Gasteiger partial charge in [-0.2, -0.15) is 4.31 Å². The number of fused-ring (bicyclic) bond motifs is 3. The molecule has 3 aliphatic rings. The number of hydrogen-bond acceptors (Lipinski definition) is 8. The van der Waals surface area contributed by atoms with Gasteiger partial charge in [-0.05, 0) is 72.6 Å². The van der Waals surface area contributed by atoms with Crippen LogP contribution in [0, 0.1) is 16.6 Å². The van der Waals surface area contributed by atoms with E-state index in [2.05, 4.69) is 19.0 Å².